The SMILES string of the molecule is CCC[C@]1(C(=O)O)CN(c2nc(C)cc(C)c2C(=O)O)CC[C@@H]1O. The topological polar surface area (TPSA) is 111 Å². The number of anilines is 1. The molecule has 1 saturated heterocycles. The van der Waals surface area contributed by atoms with Gasteiger partial charge in [0.25, 0.3) is 0 Å². The predicted octanol–water partition coefficient (Wildman–Crippen LogP) is 1.84. The maximum Gasteiger partial charge on any atom is 0.339 e. The molecule has 3 N–H and O–H groups in total. The monoisotopic (exact) mass is 336 g/mol. The number of carbonyl (C=O) groups is 2. The van der Waals surface area contributed by atoms with E-state index in [1.807, 2.05) is 6.92 Å². The van der Waals surface area contributed by atoms with Gasteiger partial charge >= 0.3 is 11.9 Å². The fraction of sp³-hybridized carbons (Fsp3) is 0.588. The van der Waals surface area contributed by atoms with E-state index in [0.717, 1.165) is 0 Å². The van der Waals surface area contributed by atoms with Crippen LogP contribution in [0.5, 0.6) is 0 Å². The molecule has 2 heterocycles. The number of aliphatic carboxylic acids is 1. The molecule has 0 aromatic carbocycles. The Bertz CT molecular complexity index is 661. The Morgan fingerprint density at radius 3 is 2.58 bits per heavy atom. The van der Waals surface area contributed by atoms with Crippen LogP contribution < -0.4 is 4.90 Å². The Kier molecular flexibility index (Phi) is 5.13. The number of carboxylic acids is 2. The van der Waals surface area contributed by atoms with Crippen molar-refractivity contribution in [1.82, 2.24) is 4.98 Å². The van der Waals surface area contributed by atoms with Crippen molar-refractivity contribution in [2.45, 2.75) is 46.1 Å². The lowest BCUT2D eigenvalue weighted by atomic mass is 9.74. The number of aryl methyl sites for hydroxylation is 2. The standard InChI is InChI=1S/C17H24N2O5/c1-4-6-17(16(23)24)9-19(7-5-12(17)20)14-13(15(21)22)10(2)8-11(3)18-14/h8,12,20H,4-7,9H2,1-3H3,(H,21,22)(H,23,24)/t12-,17-/m0/s1. The second kappa shape index (κ2) is 6.76. The first kappa shape index (κ1) is 18.2. The fourth-order valence-corrected chi connectivity index (χ4v) is 3.58. The Hall–Kier alpha value is -2.15. The molecule has 0 spiro atoms. The number of nitrogens with zero attached hydrogens (tertiary/aromatic N) is 2. The van der Waals surface area contributed by atoms with Crippen LogP contribution in [0.25, 0.3) is 0 Å². The number of carboxylic acid groups (broad SMARTS) is 2. The second-order valence-corrected chi connectivity index (χ2v) is 6.52. The molecule has 1 fully saturated rings. The molecule has 0 aliphatic carbocycles. The molecule has 24 heavy (non-hydrogen) atoms. The van der Waals surface area contributed by atoms with Gasteiger partial charge < -0.3 is 20.2 Å². The van der Waals surface area contributed by atoms with E-state index in [2.05, 4.69) is 4.98 Å². The highest BCUT2D eigenvalue weighted by molar-refractivity contribution is 5.95. The van der Waals surface area contributed by atoms with E-state index in [1.54, 1.807) is 24.8 Å². The molecule has 1 aliphatic heterocycles. The number of aromatic carboxylic acids is 1. The number of aromatic nitrogens is 1. The molecule has 1 aromatic rings. The number of pyridine rings is 1. The van der Waals surface area contributed by atoms with Gasteiger partial charge in [-0.15, -0.1) is 0 Å². The van der Waals surface area contributed by atoms with Crippen LogP contribution in [0.1, 0.15) is 47.8 Å². The summed E-state index contributed by atoms with van der Waals surface area (Å²) < 4.78 is 0. The molecule has 2 rings (SSSR count). The zero-order valence-corrected chi connectivity index (χ0v) is 14.2. The summed E-state index contributed by atoms with van der Waals surface area (Å²) in [7, 11) is 0. The molecule has 1 aromatic heterocycles. The molecule has 0 amide bonds. The van der Waals surface area contributed by atoms with Crippen LogP contribution in [0.3, 0.4) is 0 Å². The number of hydrogen-bond donors (Lipinski definition) is 3. The van der Waals surface area contributed by atoms with E-state index < -0.39 is 23.5 Å². The highest BCUT2D eigenvalue weighted by Crippen LogP contribution is 2.38. The van der Waals surface area contributed by atoms with Crippen molar-refractivity contribution in [2.75, 3.05) is 18.0 Å². The summed E-state index contributed by atoms with van der Waals surface area (Å²) in [6.07, 6.45) is 0.252. The summed E-state index contributed by atoms with van der Waals surface area (Å²) >= 11 is 0. The van der Waals surface area contributed by atoms with Gasteiger partial charge in [0.15, 0.2) is 0 Å². The molecule has 0 unspecified atom stereocenters. The summed E-state index contributed by atoms with van der Waals surface area (Å²) in [4.78, 5) is 29.6. The van der Waals surface area contributed by atoms with Crippen LogP contribution >= 0.6 is 0 Å². The van der Waals surface area contributed by atoms with Crippen LogP contribution in [0.4, 0.5) is 5.82 Å². The highest BCUT2D eigenvalue weighted by Gasteiger charge is 2.49. The largest absolute Gasteiger partial charge is 0.481 e. The molecule has 0 bridgehead atoms. The molecule has 0 saturated carbocycles. The van der Waals surface area contributed by atoms with Gasteiger partial charge in [-0.1, -0.05) is 13.3 Å². The van der Waals surface area contributed by atoms with E-state index in [9.17, 15) is 24.9 Å². The lowest BCUT2D eigenvalue weighted by Gasteiger charge is -2.44. The third-order valence-electron chi connectivity index (χ3n) is 4.74. The molecule has 0 radical (unpaired) electrons. The van der Waals surface area contributed by atoms with Crippen LogP contribution in [0.2, 0.25) is 0 Å². The zero-order chi connectivity index (χ0) is 18.1. The molecule has 7 heteroatoms. The molecule has 2 atom stereocenters. The van der Waals surface area contributed by atoms with Crippen LogP contribution in [0.15, 0.2) is 6.07 Å². The summed E-state index contributed by atoms with van der Waals surface area (Å²) in [5.41, 5.74) is 0.0533. The second-order valence-electron chi connectivity index (χ2n) is 6.52. The van der Waals surface area contributed by atoms with Crippen molar-refractivity contribution >= 4 is 17.8 Å². The van der Waals surface area contributed by atoms with Gasteiger partial charge in [-0.2, -0.15) is 0 Å². The molecular weight excluding hydrogens is 312 g/mol. The number of rotatable bonds is 5. The summed E-state index contributed by atoms with van der Waals surface area (Å²) in [6.45, 7) is 5.77. The van der Waals surface area contributed by atoms with Crippen LogP contribution in [0, 0.1) is 19.3 Å². The van der Waals surface area contributed by atoms with Gasteiger partial charge in [0.2, 0.25) is 0 Å². The molecule has 132 valence electrons. The third-order valence-corrected chi connectivity index (χ3v) is 4.74. The van der Waals surface area contributed by atoms with Crippen molar-refractivity contribution in [1.29, 1.82) is 0 Å². The number of aliphatic hydroxyl groups excluding tert-OH is 1. The van der Waals surface area contributed by atoms with Gasteiger partial charge in [-0.05, 0) is 38.3 Å². The average Bonchev–Trinajstić information content (AvgIpc) is 2.48. The quantitative estimate of drug-likeness (QED) is 0.752. The number of piperidine rings is 1. The fourth-order valence-electron chi connectivity index (χ4n) is 3.58. The normalized spacial score (nSPS) is 24.0. The van der Waals surface area contributed by atoms with Gasteiger partial charge in [0.05, 0.1) is 6.10 Å². The van der Waals surface area contributed by atoms with Gasteiger partial charge in [0, 0.05) is 18.8 Å². The van der Waals surface area contributed by atoms with E-state index in [4.69, 9.17) is 0 Å². The Morgan fingerprint density at radius 1 is 1.38 bits per heavy atom. The smallest absolute Gasteiger partial charge is 0.339 e. The summed E-state index contributed by atoms with van der Waals surface area (Å²) in [5, 5.41) is 29.6. The van der Waals surface area contributed by atoms with E-state index in [0.29, 0.717) is 30.6 Å². The lowest BCUT2D eigenvalue weighted by Crippen LogP contribution is -2.56. The van der Waals surface area contributed by atoms with Crippen molar-refractivity contribution < 1.29 is 24.9 Å². The lowest BCUT2D eigenvalue weighted by molar-refractivity contribution is -0.158. The van der Waals surface area contributed by atoms with E-state index in [1.165, 1.54) is 0 Å². The first-order valence-electron chi connectivity index (χ1n) is 8.11. The molecular formula is C17H24N2O5. The van der Waals surface area contributed by atoms with E-state index in [-0.39, 0.29) is 24.3 Å². The Balaban J connectivity index is 2.50. The Morgan fingerprint density at radius 2 is 2.04 bits per heavy atom. The third kappa shape index (κ3) is 3.08. The highest BCUT2D eigenvalue weighted by atomic mass is 16.4. The van der Waals surface area contributed by atoms with Crippen molar-refractivity contribution in [2.24, 2.45) is 5.41 Å². The van der Waals surface area contributed by atoms with Crippen LogP contribution in [-0.4, -0.2) is 51.4 Å². The molecule has 7 nitrogen and oxygen atoms in total. The van der Waals surface area contributed by atoms with Crippen LogP contribution in [-0.2, 0) is 4.79 Å². The van der Waals surface area contributed by atoms with Gasteiger partial charge in [0.1, 0.15) is 16.8 Å². The number of aliphatic hydroxyl groups is 1. The van der Waals surface area contributed by atoms with Crippen molar-refractivity contribution in [3.05, 3.63) is 22.9 Å². The Labute approximate surface area is 140 Å². The number of hydrogen-bond acceptors (Lipinski definition) is 5. The first-order chi connectivity index (χ1) is 11.2. The van der Waals surface area contributed by atoms with E-state index >= 15 is 0 Å². The zero-order valence-electron chi connectivity index (χ0n) is 14.2. The van der Waals surface area contributed by atoms with Crippen molar-refractivity contribution in [3.63, 3.8) is 0 Å². The minimum absolute atomic E-state index is 0.0491. The predicted molar refractivity (Wildman–Crippen MR) is 88.5 cm³/mol. The van der Waals surface area contributed by atoms with Gasteiger partial charge in [-0.25, -0.2) is 9.78 Å². The first-order valence-corrected chi connectivity index (χ1v) is 8.11. The minimum Gasteiger partial charge on any atom is -0.481 e. The minimum atomic E-state index is -1.30. The average molecular weight is 336 g/mol. The summed E-state index contributed by atoms with van der Waals surface area (Å²) in [5.74, 6) is -1.85. The maximum absolute atomic E-state index is 11.9. The molecule has 1 aliphatic rings. The maximum atomic E-state index is 11.9. The van der Waals surface area contributed by atoms with Gasteiger partial charge in [-0.3, -0.25) is 4.79 Å². The van der Waals surface area contributed by atoms with Crippen molar-refractivity contribution in [3.8, 4) is 0 Å². The summed E-state index contributed by atoms with van der Waals surface area (Å²) in [6, 6.07) is 1.70.